The highest BCUT2D eigenvalue weighted by atomic mass is 16.5. The highest BCUT2D eigenvalue weighted by Gasteiger charge is 2.23. The molecule has 0 unspecified atom stereocenters. The summed E-state index contributed by atoms with van der Waals surface area (Å²) in [6.07, 6.45) is 9.10. The van der Waals surface area contributed by atoms with Gasteiger partial charge in [0.15, 0.2) is 0 Å². The fraction of sp³-hybridized carbons (Fsp3) is 0.526. The van der Waals surface area contributed by atoms with Gasteiger partial charge in [-0.3, -0.25) is 0 Å². The number of rotatable bonds is 5. The highest BCUT2D eigenvalue weighted by molar-refractivity contribution is 5.57. The van der Waals surface area contributed by atoms with E-state index in [1.54, 1.807) is 0 Å². The van der Waals surface area contributed by atoms with E-state index in [2.05, 4.69) is 59.0 Å². The lowest BCUT2D eigenvalue weighted by molar-refractivity contribution is 0.0586. The molecule has 0 N–H and O–H groups in total. The molecule has 4 heteroatoms. The predicted molar refractivity (Wildman–Crippen MR) is 93.4 cm³/mol. The largest absolute Gasteiger partial charge is 0.381 e. The van der Waals surface area contributed by atoms with Gasteiger partial charge in [-0.15, -0.1) is 0 Å². The van der Waals surface area contributed by atoms with Crippen LogP contribution >= 0.6 is 0 Å². The Morgan fingerprint density at radius 1 is 1.22 bits per heavy atom. The number of ether oxygens (including phenoxy) is 1. The normalized spacial score (nSPS) is 21.7. The van der Waals surface area contributed by atoms with Crippen molar-refractivity contribution in [1.82, 2.24) is 14.5 Å². The predicted octanol–water partition coefficient (Wildman–Crippen LogP) is 3.74. The molecule has 124 valence electrons. The molecule has 0 saturated heterocycles. The summed E-state index contributed by atoms with van der Waals surface area (Å²) < 4.78 is 7.86. The van der Waals surface area contributed by atoms with Crippen molar-refractivity contribution in [2.45, 2.75) is 44.4 Å². The summed E-state index contributed by atoms with van der Waals surface area (Å²) in [6, 6.07) is 9.28. The minimum absolute atomic E-state index is 0.432. The molecule has 0 bridgehead atoms. The van der Waals surface area contributed by atoms with Gasteiger partial charge < -0.3 is 14.2 Å². The maximum atomic E-state index is 5.49. The summed E-state index contributed by atoms with van der Waals surface area (Å²) in [4.78, 5) is 6.83. The van der Waals surface area contributed by atoms with Crippen molar-refractivity contribution < 1.29 is 4.74 Å². The maximum Gasteiger partial charge on any atom is 0.140 e. The van der Waals surface area contributed by atoms with E-state index in [9.17, 15) is 0 Å². The van der Waals surface area contributed by atoms with Crippen LogP contribution in [0.2, 0.25) is 0 Å². The standard InChI is InChI=1S/C19H27N3O/c1-21(2)14-15-5-4-6-16(13-15)19-20-11-12-22(19)17-7-9-18(23-3)10-8-17/h4-6,11-13,17-18H,7-10,14H2,1-3H3. The van der Waals surface area contributed by atoms with E-state index in [-0.39, 0.29) is 0 Å². The summed E-state index contributed by atoms with van der Waals surface area (Å²) in [5.74, 6) is 1.09. The van der Waals surface area contributed by atoms with Gasteiger partial charge >= 0.3 is 0 Å². The lowest BCUT2D eigenvalue weighted by Gasteiger charge is -2.29. The fourth-order valence-electron chi connectivity index (χ4n) is 3.56. The Hall–Kier alpha value is -1.65. The second kappa shape index (κ2) is 7.28. The summed E-state index contributed by atoms with van der Waals surface area (Å²) in [5, 5.41) is 0. The third kappa shape index (κ3) is 3.82. The summed E-state index contributed by atoms with van der Waals surface area (Å²) >= 11 is 0. The fourth-order valence-corrected chi connectivity index (χ4v) is 3.56. The third-order valence-electron chi connectivity index (χ3n) is 4.72. The van der Waals surface area contributed by atoms with Crippen molar-refractivity contribution in [3.05, 3.63) is 42.2 Å². The zero-order chi connectivity index (χ0) is 16.2. The molecule has 1 fully saturated rings. The zero-order valence-electron chi connectivity index (χ0n) is 14.4. The summed E-state index contributed by atoms with van der Waals surface area (Å²) in [5.41, 5.74) is 2.54. The van der Waals surface area contributed by atoms with Gasteiger partial charge in [-0.2, -0.15) is 0 Å². The Morgan fingerprint density at radius 3 is 2.70 bits per heavy atom. The van der Waals surface area contributed by atoms with Crippen LogP contribution in [-0.4, -0.2) is 41.8 Å². The molecule has 1 aromatic carbocycles. The topological polar surface area (TPSA) is 30.3 Å². The van der Waals surface area contributed by atoms with Crippen LogP contribution in [0.1, 0.15) is 37.3 Å². The summed E-state index contributed by atoms with van der Waals surface area (Å²) in [7, 11) is 6.02. The smallest absolute Gasteiger partial charge is 0.140 e. The molecule has 1 heterocycles. The summed E-state index contributed by atoms with van der Waals surface area (Å²) in [6.45, 7) is 0.952. The van der Waals surface area contributed by atoms with Gasteiger partial charge in [0.25, 0.3) is 0 Å². The molecule has 0 amide bonds. The number of methoxy groups -OCH3 is 1. The molecular formula is C19H27N3O. The van der Waals surface area contributed by atoms with Crippen LogP contribution in [-0.2, 0) is 11.3 Å². The first-order valence-corrected chi connectivity index (χ1v) is 8.47. The average Bonchev–Trinajstić information content (AvgIpc) is 3.04. The van der Waals surface area contributed by atoms with Crippen molar-refractivity contribution in [2.24, 2.45) is 0 Å². The van der Waals surface area contributed by atoms with E-state index in [4.69, 9.17) is 4.74 Å². The number of nitrogens with zero attached hydrogens (tertiary/aromatic N) is 3. The van der Waals surface area contributed by atoms with E-state index >= 15 is 0 Å². The quantitative estimate of drug-likeness (QED) is 0.842. The molecule has 1 aliphatic rings. The van der Waals surface area contributed by atoms with Crippen molar-refractivity contribution in [3.63, 3.8) is 0 Å². The Bertz CT molecular complexity index is 627. The Kier molecular flexibility index (Phi) is 5.13. The highest BCUT2D eigenvalue weighted by Crippen LogP contribution is 2.33. The van der Waals surface area contributed by atoms with Crippen LogP contribution in [0, 0.1) is 0 Å². The number of hydrogen-bond acceptors (Lipinski definition) is 3. The molecule has 4 nitrogen and oxygen atoms in total. The van der Waals surface area contributed by atoms with Crippen molar-refractivity contribution in [2.75, 3.05) is 21.2 Å². The van der Waals surface area contributed by atoms with Crippen molar-refractivity contribution in [1.29, 1.82) is 0 Å². The molecule has 1 aliphatic carbocycles. The lowest BCUT2D eigenvalue weighted by Crippen LogP contribution is -2.22. The second-order valence-corrected chi connectivity index (χ2v) is 6.76. The Balaban J connectivity index is 1.81. The molecule has 23 heavy (non-hydrogen) atoms. The maximum absolute atomic E-state index is 5.49. The number of hydrogen-bond donors (Lipinski definition) is 0. The SMILES string of the molecule is COC1CCC(n2ccnc2-c2cccc(CN(C)C)c2)CC1. The van der Waals surface area contributed by atoms with Crippen LogP contribution in [0.5, 0.6) is 0 Å². The van der Waals surface area contributed by atoms with E-state index in [0.717, 1.165) is 25.2 Å². The number of benzene rings is 1. The molecular weight excluding hydrogens is 286 g/mol. The molecule has 0 radical (unpaired) electrons. The Labute approximate surface area is 139 Å². The van der Waals surface area contributed by atoms with Gasteiger partial charge in [0, 0.05) is 37.7 Å². The van der Waals surface area contributed by atoms with Gasteiger partial charge in [-0.05, 0) is 51.4 Å². The number of aromatic nitrogens is 2. The van der Waals surface area contributed by atoms with Crippen LogP contribution in [0.4, 0.5) is 0 Å². The van der Waals surface area contributed by atoms with Crippen LogP contribution in [0.25, 0.3) is 11.4 Å². The van der Waals surface area contributed by atoms with Crippen molar-refractivity contribution in [3.8, 4) is 11.4 Å². The van der Waals surface area contributed by atoms with Crippen molar-refractivity contribution >= 4 is 0 Å². The first kappa shape index (κ1) is 16.2. The van der Waals surface area contributed by atoms with Gasteiger partial charge in [0.1, 0.15) is 5.82 Å². The molecule has 0 aliphatic heterocycles. The van der Waals surface area contributed by atoms with Gasteiger partial charge in [0.05, 0.1) is 6.10 Å². The molecule has 3 rings (SSSR count). The molecule has 0 atom stereocenters. The van der Waals surface area contributed by atoms with E-state index in [1.807, 2.05) is 13.3 Å². The van der Waals surface area contributed by atoms with Crippen LogP contribution in [0.3, 0.4) is 0 Å². The zero-order valence-corrected chi connectivity index (χ0v) is 14.4. The van der Waals surface area contributed by atoms with E-state index in [1.165, 1.54) is 24.0 Å². The first-order chi connectivity index (χ1) is 11.2. The lowest BCUT2D eigenvalue weighted by atomic mass is 9.92. The van der Waals surface area contributed by atoms with Crippen LogP contribution in [0.15, 0.2) is 36.7 Å². The molecule has 1 aromatic heterocycles. The number of imidazole rings is 1. The first-order valence-electron chi connectivity index (χ1n) is 8.47. The van der Waals surface area contributed by atoms with Gasteiger partial charge in [0.2, 0.25) is 0 Å². The monoisotopic (exact) mass is 313 g/mol. The van der Waals surface area contributed by atoms with Gasteiger partial charge in [-0.1, -0.05) is 18.2 Å². The minimum Gasteiger partial charge on any atom is -0.381 e. The van der Waals surface area contributed by atoms with Gasteiger partial charge in [-0.25, -0.2) is 4.98 Å². The van der Waals surface area contributed by atoms with E-state index < -0.39 is 0 Å². The minimum atomic E-state index is 0.432. The van der Waals surface area contributed by atoms with E-state index in [0.29, 0.717) is 12.1 Å². The van der Waals surface area contributed by atoms with Crippen LogP contribution < -0.4 is 0 Å². The average molecular weight is 313 g/mol. The third-order valence-corrected chi connectivity index (χ3v) is 4.72. The Morgan fingerprint density at radius 2 is 2.00 bits per heavy atom. The molecule has 1 saturated carbocycles. The molecule has 2 aromatic rings. The molecule has 0 spiro atoms. The second-order valence-electron chi connectivity index (χ2n) is 6.76.